The zero-order chi connectivity index (χ0) is 9.84. The Bertz CT molecular complexity index is 210. The zero-order valence-electron chi connectivity index (χ0n) is 7.95. The predicted molar refractivity (Wildman–Crippen MR) is 49.5 cm³/mol. The second-order valence-corrected chi connectivity index (χ2v) is 3.66. The van der Waals surface area contributed by atoms with Gasteiger partial charge in [-0.1, -0.05) is 19.1 Å². The van der Waals surface area contributed by atoms with E-state index in [9.17, 15) is 4.79 Å². The normalized spacial score (nSPS) is 28.8. The van der Waals surface area contributed by atoms with E-state index in [0.717, 1.165) is 19.3 Å². The standard InChI is InChI=1S/C10H16O3/c1-7-3-4-9(5-8(7)2)13-6-10(11)12/h8-9H,1,3-6H2,2H3,(H,11,12). The first-order chi connectivity index (χ1) is 6.09. The second-order valence-electron chi connectivity index (χ2n) is 3.66. The van der Waals surface area contributed by atoms with Gasteiger partial charge >= 0.3 is 5.97 Å². The summed E-state index contributed by atoms with van der Waals surface area (Å²) in [7, 11) is 0. The lowest BCUT2D eigenvalue weighted by molar-refractivity contribution is -0.145. The minimum absolute atomic E-state index is 0.108. The third-order valence-electron chi connectivity index (χ3n) is 2.54. The second kappa shape index (κ2) is 4.42. The summed E-state index contributed by atoms with van der Waals surface area (Å²) in [5, 5.41) is 8.42. The lowest BCUT2D eigenvalue weighted by Gasteiger charge is -2.28. The van der Waals surface area contributed by atoms with E-state index in [4.69, 9.17) is 9.84 Å². The highest BCUT2D eigenvalue weighted by Crippen LogP contribution is 2.29. The number of hydrogen-bond acceptors (Lipinski definition) is 2. The number of hydrogen-bond donors (Lipinski definition) is 1. The summed E-state index contributed by atoms with van der Waals surface area (Å²) < 4.78 is 5.22. The number of carbonyl (C=O) groups is 1. The molecule has 2 atom stereocenters. The molecule has 0 amide bonds. The minimum Gasteiger partial charge on any atom is -0.480 e. The number of carboxylic acids is 1. The summed E-state index contributed by atoms with van der Waals surface area (Å²) >= 11 is 0. The summed E-state index contributed by atoms with van der Waals surface area (Å²) in [5.41, 5.74) is 1.26. The quantitative estimate of drug-likeness (QED) is 0.681. The maximum atomic E-state index is 10.2. The molecule has 1 aliphatic carbocycles. The minimum atomic E-state index is -0.892. The largest absolute Gasteiger partial charge is 0.480 e. The molecule has 1 rings (SSSR count). The van der Waals surface area contributed by atoms with Gasteiger partial charge in [0, 0.05) is 0 Å². The molecule has 13 heavy (non-hydrogen) atoms. The molecule has 1 saturated carbocycles. The fourth-order valence-electron chi connectivity index (χ4n) is 1.61. The van der Waals surface area contributed by atoms with Crippen molar-refractivity contribution in [3.05, 3.63) is 12.2 Å². The van der Waals surface area contributed by atoms with Crippen LogP contribution in [0.15, 0.2) is 12.2 Å². The van der Waals surface area contributed by atoms with Crippen molar-refractivity contribution in [2.45, 2.75) is 32.3 Å². The van der Waals surface area contributed by atoms with Gasteiger partial charge in [-0.05, 0) is 25.2 Å². The van der Waals surface area contributed by atoms with Crippen molar-refractivity contribution < 1.29 is 14.6 Å². The lowest BCUT2D eigenvalue weighted by atomic mass is 9.85. The van der Waals surface area contributed by atoms with Gasteiger partial charge in [-0.2, -0.15) is 0 Å². The van der Waals surface area contributed by atoms with E-state index < -0.39 is 5.97 Å². The van der Waals surface area contributed by atoms with Gasteiger partial charge in [0.25, 0.3) is 0 Å². The molecule has 0 saturated heterocycles. The summed E-state index contributed by atoms with van der Waals surface area (Å²) in [4.78, 5) is 10.2. The first-order valence-electron chi connectivity index (χ1n) is 4.60. The molecule has 1 aliphatic rings. The Hall–Kier alpha value is -0.830. The van der Waals surface area contributed by atoms with E-state index in [-0.39, 0.29) is 12.7 Å². The van der Waals surface area contributed by atoms with Crippen LogP contribution in [0.1, 0.15) is 26.2 Å². The molecule has 0 bridgehead atoms. The fourth-order valence-corrected chi connectivity index (χ4v) is 1.61. The van der Waals surface area contributed by atoms with E-state index in [1.165, 1.54) is 5.57 Å². The molecule has 0 spiro atoms. The first kappa shape index (κ1) is 10.3. The molecule has 0 heterocycles. The van der Waals surface area contributed by atoms with Crippen LogP contribution in [0.25, 0.3) is 0 Å². The van der Waals surface area contributed by atoms with E-state index in [2.05, 4.69) is 13.5 Å². The molecular weight excluding hydrogens is 168 g/mol. The molecule has 0 aromatic rings. The van der Waals surface area contributed by atoms with Crippen LogP contribution in [0.5, 0.6) is 0 Å². The number of allylic oxidation sites excluding steroid dienone is 1. The number of carboxylic acid groups (broad SMARTS) is 1. The Kier molecular flexibility index (Phi) is 3.48. The predicted octanol–water partition coefficient (Wildman–Crippen LogP) is 1.83. The molecule has 2 unspecified atom stereocenters. The highest BCUT2D eigenvalue weighted by atomic mass is 16.5. The van der Waals surface area contributed by atoms with Crippen LogP contribution in [0, 0.1) is 5.92 Å². The van der Waals surface area contributed by atoms with E-state index in [1.54, 1.807) is 0 Å². The molecule has 0 aliphatic heterocycles. The van der Waals surface area contributed by atoms with Crippen molar-refractivity contribution in [2.24, 2.45) is 5.92 Å². The highest BCUT2D eigenvalue weighted by molar-refractivity contribution is 5.68. The van der Waals surface area contributed by atoms with E-state index in [1.807, 2.05) is 0 Å². The third kappa shape index (κ3) is 3.19. The van der Waals surface area contributed by atoms with Gasteiger partial charge < -0.3 is 9.84 Å². The van der Waals surface area contributed by atoms with Crippen LogP contribution >= 0.6 is 0 Å². The molecule has 0 aromatic heterocycles. The number of rotatable bonds is 3. The fraction of sp³-hybridized carbons (Fsp3) is 0.700. The van der Waals surface area contributed by atoms with Gasteiger partial charge in [-0.3, -0.25) is 0 Å². The van der Waals surface area contributed by atoms with Crippen LogP contribution in [-0.4, -0.2) is 23.8 Å². The summed E-state index contributed by atoms with van der Waals surface area (Å²) in [6.07, 6.45) is 2.89. The molecule has 0 aromatic carbocycles. The number of aliphatic carboxylic acids is 1. The van der Waals surface area contributed by atoms with Gasteiger partial charge in [-0.15, -0.1) is 0 Å². The molecule has 74 valence electrons. The molecule has 3 heteroatoms. The molecule has 3 nitrogen and oxygen atoms in total. The summed E-state index contributed by atoms with van der Waals surface area (Å²) in [6, 6.07) is 0. The number of ether oxygens (including phenoxy) is 1. The van der Waals surface area contributed by atoms with Gasteiger partial charge in [0.1, 0.15) is 6.61 Å². The van der Waals surface area contributed by atoms with Crippen LogP contribution in [0.3, 0.4) is 0 Å². The Morgan fingerprint density at radius 3 is 3.00 bits per heavy atom. The molecular formula is C10H16O3. The van der Waals surface area contributed by atoms with Gasteiger partial charge in [0.2, 0.25) is 0 Å². The van der Waals surface area contributed by atoms with E-state index in [0.29, 0.717) is 5.92 Å². The lowest BCUT2D eigenvalue weighted by Crippen LogP contribution is -2.25. The van der Waals surface area contributed by atoms with Crippen molar-refractivity contribution in [3.8, 4) is 0 Å². The van der Waals surface area contributed by atoms with Crippen molar-refractivity contribution in [2.75, 3.05) is 6.61 Å². The van der Waals surface area contributed by atoms with Crippen LogP contribution in [-0.2, 0) is 9.53 Å². The Morgan fingerprint density at radius 1 is 1.77 bits per heavy atom. The topological polar surface area (TPSA) is 46.5 Å². The monoisotopic (exact) mass is 184 g/mol. The molecule has 1 N–H and O–H groups in total. The average molecular weight is 184 g/mol. The molecule has 0 radical (unpaired) electrons. The van der Waals surface area contributed by atoms with Crippen molar-refractivity contribution in [3.63, 3.8) is 0 Å². The van der Waals surface area contributed by atoms with Gasteiger partial charge in [0.05, 0.1) is 6.10 Å². The Morgan fingerprint density at radius 2 is 2.46 bits per heavy atom. The van der Waals surface area contributed by atoms with Crippen molar-refractivity contribution >= 4 is 5.97 Å². The van der Waals surface area contributed by atoms with Gasteiger partial charge in [-0.25, -0.2) is 4.79 Å². The summed E-state index contributed by atoms with van der Waals surface area (Å²) in [6.45, 7) is 5.89. The molecule has 1 fully saturated rings. The van der Waals surface area contributed by atoms with Crippen molar-refractivity contribution in [1.82, 2.24) is 0 Å². The smallest absolute Gasteiger partial charge is 0.329 e. The Balaban J connectivity index is 2.29. The maximum absolute atomic E-state index is 10.2. The summed E-state index contributed by atoms with van der Waals surface area (Å²) in [5.74, 6) is -0.426. The highest BCUT2D eigenvalue weighted by Gasteiger charge is 2.22. The van der Waals surface area contributed by atoms with Crippen LogP contribution in [0.4, 0.5) is 0 Å². The van der Waals surface area contributed by atoms with E-state index >= 15 is 0 Å². The van der Waals surface area contributed by atoms with Crippen LogP contribution < -0.4 is 0 Å². The van der Waals surface area contributed by atoms with Gasteiger partial charge in [0.15, 0.2) is 0 Å². The first-order valence-corrected chi connectivity index (χ1v) is 4.60. The average Bonchev–Trinajstić information content (AvgIpc) is 2.07. The maximum Gasteiger partial charge on any atom is 0.329 e. The zero-order valence-corrected chi connectivity index (χ0v) is 7.95. The Labute approximate surface area is 78.4 Å². The SMILES string of the molecule is C=C1CCC(OCC(=O)O)CC1C. The van der Waals surface area contributed by atoms with Crippen molar-refractivity contribution in [1.29, 1.82) is 0 Å². The third-order valence-corrected chi connectivity index (χ3v) is 2.54. The van der Waals surface area contributed by atoms with Crippen LogP contribution in [0.2, 0.25) is 0 Å².